The largest absolute Gasteiger partial charge is 0.417 e. The van der Waals surface area contributed by atoms with Crippen molar-refractivity contribution in [2.75, 3.05) is 26.2 Å². The van der Waals surface area contributed by atoms with E-state index in [2.05, 4.69) is 4.90 Å². The fourth-order valence-electron chi connectivity index (χ4n) is 3.62. The highest BCUT2D eigenvalue weighted by Crippen LogP contribution is 2.36. The third kappa shape index (κ3) is 3.48. The highest BCUT2D eigenvalue weighted by atomic mass is 35.5. The molecule has 126 valence electrons. The molecule has 1 amide bonds. The van der Waals surface area contributed by atoms with Gasteiger partial charge in [0.25, 0.3) is 0 Å². The molecule has 0 saturated carbocycles. The van der Waals surface area contributed by atoms with Gasteiger partial charge in [-0.3, -0.25) is 9.69 Å². The Morgan fingerprint density at radius 2 is 1.83 bits per heavy atom. The molecule has 0 aliphatic carbocycles. The van der Waals surface area contributed by atoms with Crippen molar-refractivity contribution in [1.82, 2.24) is 9.80 Å². The molecule has 2 aliphatic heterocycles. The maximum Gasteiger partial charge on any atom is 0.417 e. The second-order valence-electron chi connectivity index (χ2n) is 6.45. The van der Waals surface area contributed by atoms with Crippen LogP contribution in [0.5, 0.6) is 0 Å². The van der Waals surface area contributed by atoms with Gasteiger partial charge in [0.05, 0.1) is 10.6 Å². The van der Waals surface area contributed by atoms with E-state index in [-0.39, 0.29) is 10.9 Å². The summed E-state index contributed by atoms with van der Waals surface area (Å²) in [7, 11) is 0. The molecule has 2 saturated heterocycles. The maximum atomic E-state index is 12.9. The number of nitrogens with zero attached hydrogens (tertiary/aromatic N) is 2. The standard InChI is InChI=1S/C16H18ClF3N2O/c1-10(23)22-8-12-6-21(7-13(12)9-22)5-11-2-3-15(17)14(4-11)16(18,19)20/h2-4,12-13H,5-9H2,1H3. The molecule has 0 bridgehead atoms. The molecular formula is C16H18ClF3N2O. The van der Waals surface area contributed by atoms with E-state index in [9.17, 15) is 18.0 Å². The molecule has 2 aliphatic rings. The fourth-order valence-corrected chi connectivity index (χ4v) is 3.85. The summed E-state index contributed by atoms with van der Waals surface area (Å²) in [6.07, 6.45) is -4.43. The number of alkyl halides is 3. The molecule has 0 radical (unpaired) electrons. The molecule has 3 nitrogen and oxygen atoms in total. The van der Waals surface area contributed by atoms with Crippen LogP contribution in [0.4, 0.5) is 13.2 Å². The van der Waals surface area contributed by atoms with Crippen LogP contribution in [0.3, 0.4) is 0 Å². The number of rotatable bonds is 2. The summed E-state index contributed by atoms with van der Waals surface area (Å²) in [5.74, 6) is 0.944. The second-order valence-corrected chi connectivity index (χ2v) is 6.86. The van der Waals surface area contributed by atoms with E-state index in [4.69, 9.17) is 11.6 Å². The van der Waals surface area contributed by atoms with Crippen molar-refractivity contribution < 1.29 is 18.0 Å². The normalized spacial score (nSPS) is 25.0. The summed E-state index contributed by atoms with van der Waals surface area (Å²) in [6, 6.07) is 4.10. The molecule has 7 heteroatoms. The van der Waals surface area contributed by atoms with Crippen molar-refractivity contribution in [1.29, 1.82) is 0 Å². The van der Waals surface area contributed by atoms with Gasteiger partial charge in [0.15, 0.2) is 0 Å². The van der Waals surface area contributed by atoms with Crippen molar-refractivity contribution in [3.05, 3.63) is 34.3 Å². The van der Waals surface area contributed by atoms with E-state index >= 15 is 0 Å². The second kappa shape index (κ2) is 5.98. The Hall–Kier alpha value is -1.27. The van der Waals surface area contributed by atoms with Crippen LogP contribution in [-0.4, -0.2) is 41.9 Å². The van der Waals surface area contributed by atoms with Crippen molar-refractivity contribution in [2.24, 2.45) is 11.8 Å². The van der Waals surface area contributed by atoms with Crippen molar-refractivity contribution in [3.8, 4) is 0 Å². The Morgan fingerprint density at radius 3 is 2.35 bits per heavy atom. The minimum absolute atomic E-state index is 0.0958. The van der Waals surface area contributed by atoms with Gasteiger partial charge >= 0.3 is 6.18 Å². The molecule has 2 unspecified atom stereocenters. The molecule has 0 spiro atoms. The summed E-state index contributed by atoms with van der Waals surface area (Å²) >= 11 is 5.65. The first kappa shape index (κ1) is 16.6. The maximum absolute atomic E-state index is 12.9. The molecule has 23 heavy (non-hydrogen) atoms. The Balaban J connectivity index is 1.65. The number of amides is 1. The van der Waals surface area contributed by atoms with Gasteiger partial charge in [-0.25, -0.2) is 0 Å². The van der Waals surface area contributed by atoms with Crippen LogP contribution in [0.15, 0.2) is 18.2 Å². The third-order valence-electron chi connectivity index (χ3n) is 4.75. The first-order chi connectivity index (χ1) is 10.7. The Morgan fingerprint density at radius 1 is 1.22 bits per heavy atom. The van der Waals surface area contributed by atoms with E-state index in [1.54, 1.807) is 13.0 Å². The monoisotopic (exact) mass is 346 g/mol. The Kier molecular flexibility index (Phi) is 4.31. The number of carbonyl (C=O) groups is 1. The zero-order chi connectivity index (χ0) is 16.8. The lowest BCUT2D eigenvalue weighted by Crippen LogP contribution is -2.31. The lowest BCUT2D eigenvalue weighted by molar-refractivity contribution is -0.137. The van der Waals surface area contributed by atoms with Crippen LogP contribution in [-0.2, 0) is 17.5 Å². The van der Waals surface area contributed by atoms with E-state index in [1.165, 1.54) is 6.07 Å². The van der Waals surface area contributed by atoms with Crippen molar-refractivity contribution in [3.63, 3.8) is 0 Å². The lowest BCUT2D eigenvalue weighted by Gasteiger charge is -2.21. The number of hydrogen-bond acceptors (Lipinski definition) is 2. The first-order valence-corrected chi connectivity index (χ1v) is 7.95. The smallest absolute Gasteiger partial charge is 0.342 e. The van der Waals surface area contributed by atoms with E-state index < -0.39 is 11.7 Å². The van der Waals surface area contributed by atoms with E-state index in [0.29, 0.717) is 23.9 Å². The third-order valence-corrected chi connectivity index (χ3v) is 5.08. The number of fused-ring (bicyclic) bond motifs is 1. The van der Waals surface area contributed by atoms with Crippen LogP contribution in [0.1, 0.15) is 18.1 Å². The Labute approximate surface area is 138 Å². The van der Waals surface area contributed by atoms with Gasteiger partial charge in [-0.2, -0.15) is 13.2 Å². The zero-order valence-corrected chi connectivity index (χ0v) is 13.5. The predicted molar refractivity (Wildman–Crippen MR) is 81.0 cm³/mol. The molecule has 2 atom stereocenters. The molecule has 3 rings (SSSR count). The predicted octanol–water partition coefficient (Wildman–Crippen LogP) is 3.27. The van der Waals surface area contributed by atoms with Gasteiger partial charge in [0.1, 0.15) is 0 Å². The summed E-state index contributed by atoms with van der Waals surface area (Å²) in [6.45, 7) is 5.20. The van der Waals surface area contributed by atoms with Crippen LogP contribution in [0.2, 0.25) is 5.02 Å². The summed E-state index contributed by atoms with van der Waals surface area (Å²) in [5.41, 5.74) is -0.163. The zero-order valence-electron chi connectivity index (χ0n) is 12.7. The molecular weight excluding hydrogens is 329 g/mol. The number of hydrogen-bond donors (Lipinski definition) is 0. The topological polar surface area (TPSA) is 23.6 Å². The summed E-state index contributed by atoms with van der Waals surface area (Å²) in [5, 5.41) is -0.267. The molecule has 2 heterocycles. The van der Waals surface area contributed by atoms with Gasteiger partial charge in [-0.05, 0) is 29.5 Å². The number of carbonyl (C=O) groups excluding carboxylic acids is 1. The van der Waals surface area contributed by atoms with Crippen LogP contribution in [0, 0.1) is 11.8 Å². The molecule has 1 aromatic carbocycles. The Bertz CT molecular complexity index is 606. The quantitative estimate of drug-likeness (QED) is 0.820. The number of likely N-dealkylation sites (tertiary alicyclic amines) is 2. The SMILES string of the molecule is CC(=O)N1CC2CN(Cc3ccc(Cl)c(C(F)(F)F)c3)CC2C1. The molecule has 0 aromatic heterocycles. The number of halogens is 4. The molecule has 2 fully saturated rings. The van der Waals surface area contributed by atoms with Crippen molar-refractivity contribution in [2.45, 2.75) is 19.6 Å². The van der Waals surface area contributed by atoms with Gasteiger partial charge in [-0.15, -0.1) is 0 Å². The average molecular weight is 347 g/mol. The highest BCUT2D eigenvalue weighted by Gasteiger charge is 2.40. The van der Waals surface area contributed by atoms with Gasteiger partial charge < -0.3 is 4.90 Å². The lowest BCUT2D eigenvalue weighted by atomic mass is 10.0. The van der Waals surface area contributed by atoms with Crippen LogP contribution < -0.4 is 0 Å². The average Bonchev–Trinajstić information content (AvgIpc) is 2.97. The summed E-state index contributed by atoms with van der Waals surface area (Å²) < 4.78 is 38.7. The van der Waals surface area contributed by atoms with Gasteiger partial charge in [0, 0.05) is 39.6 Å². The van der Waals surface area contributed by atoms with Crippen LogP contribution in [0.25, 0.3) is 0 Å². The van der Waals surface area contributed by atoms with Gasteiger partial charge in [-0.1, -0.05) is 17.7 Å². The van der Waals surface area contributed by atoms with E-state index in [1.807, 2.05) is 4.90 Å². The minimum Gasteiger partial charge on any atom is -0.342 e. The molecule has 0 N–H and O–H groups in total. The highest BCUT2D eigenvalue weighted by molar-refractivity contribution is 6.31. The number of benzene rings is 1. The van der Waals surface area contributed by atoms with E-state index in [0.717, 1.165) is 32.2 Å². The van der Waals surface area contributed by atoms with Gasteiger partial charge in [0.2, 0.25) is 5.91 Å². The fraction of sp³-hybridized carbons (Fsp3) is 0.562. The van der Waals surface area contributed by atoms with Crippen molar-refractivity contribution >= 4 is 17.5 Å². The molecule has 1 aromatic rings. The first-order valence-electron chi connectivity index (χ1n) is 7.57. The summed E-state index contributed by atoms with van der Waals surface area (Å²) in [4.78, 5) is 15.4. The minimum atomic E-state index is -4.43. The van der Waals surface area contributed by atoms with Crippen LogP contribution >= 0.6 is 11.6 Å².